The number of hydrogen-bond acceptors (Lipinski definition) is 7. The fraction of sp³-hybridized carbons (Fsp3) is 0.364. The summed E-state index contributed by atoms with van der Waals surface area (Å²) >= 11 is 0. The van der Waals surface area contributed by atoms with E-state index in [4.69, 9.17) is 15.8 Å². The summed E-state index contributed by atoms with van der Waals surface area (Å²) in [6.07, 6.45) is -0.0201. The Morgan fingerprint density at radius 3 is 2.57 bits per heavy atom. The Labute approximate surface area is 120 Å². The van der Waals surface area contributed by atoms with Gasteiger partial charge in [0.2, 0.25) is 0 Å². The lowest BCUT2D eigenvalue weighted by Gasteiger charge is -2.24. The molecular formula is C11H17N2O7P. The highest BCUT2D eigenvalue weighted by Crippen LogP contribution is 2.45. The predicted octanol–water partition coefficient (Wildman–Crippen LogP) is 0.367. The summed E-state index contributed by atoms with van der Waals surface area (Å²) in [7, 11) is -3.30. The van der Waals surface area contributed by atoms with Gasteiger partial charge in [0.1, 0.15) is 5.54 Å². The van der Waals surface area contributed by atoms with Gasteiger partial charge in [-0.05, 0) is 24.6 Å². The molecule has 0 saturated carbocycles. The molecule has 10 heteroatoms. The quantitative estimate of drug-likeness (QED) is 0.272. The van der Waals surface area contributed by atoms with Gasteiger partial charge in [-0.1, -0.05) is 6.07 Å². The molecule has 1 rings (SSSR count). The van der Waals surface area contributed by atoms with Crippen molar-refractivity contribution in [1.82, 2.24) is 5.43 Å². The average molecular weight is 320 g/mol. The second-order valence-electron chi connectivity index (χ2n) is 4.50. The largest absolute Gasteiger partial charge is 0.527 e. The number of aromatic hydroxyl groups is 1. The third kappa shape index (κ3) is 4.42. The van der Waals surface area contributed by atoms with Gasteiger partial charge < -0.3 is 14.7 Å². The van der Waals surface area contributed by atoms with Crippen molar-refractivity contribution in [3.8, 4) is 11.5 Å². The molecule has 1 aromatic rings. The lowest BCUT2D eigenvalue weighted by atomic mass is 9.93. The van der Waals surface area contributed by atoms with Gasteiger partial charge in [0.15, 0.2) is 11.5 Å². The van der Waals surface area contributed by atoms with Gasteiger partial charge in [-0.25, -0.2) is 9.99 Å². The second-order valence-corrected chi connectivity index (χ2v) is 5.99. The van der Waals surface area contributed by atoms with Crippen molar-refractivity contribution >= 4 is 13.8 Å². The van der Waals surface area contributed by atoms with Crippen LogP contribution in [0.15, 0.2) is 18.2 Å². The molecule has 0 fully saturated rings. The van der Waals surface area contributed by atoms with Gasteiger partial charge in [-0.2, -0.15) is 0 Å². The van der Waals surface area contributed by atoms with Crippen LogP contribution in [0.4, 0.5) is 0 Å². The van der Waals surface area contributed by atoms with E-state index in [0.29, 0.717) is 5.56 Å². The van der Waals surface area contributed by atoms with E-state index in [1.54, 1.807) is 0 Å². The molecular weight excluding hydrogens is 303 g/mol. The summed E-state index contributed by atoms with van der Waals surface area (Å²) < 4.78 is 20.1. The molecule has 0 aromatic heterocycles. The molecule has 1 aromatic carbocycles. The van der Waals surface area contributed by atoms with E-state index >= 15 is 0 Å². The van der Waals surface area contributed by atoms with Crippen LogP contribution in [0.5, 0.6) is 11.5 Å². The molecule has 0 aliphatic carbocycles. The maximum atomic E-state index is 11.2. The summed E-state index contributed by atoms with van der Waals surface area (Å²) in [5, 5.41) is 18.8. The molecule has 0 heterocycles. The summed E-state index contributed by atoms with van der Waals surface area (Å²) in [5.41, 5.74) is 1.21. The Bertz CT molecular complexity index is 580. The number of nitrogens with two attached hydrogens (primary N) is 1. The van der Waals surface area contributed by atoms with Crippen molar-refractivity contribution < 1.29 is 33.5 Å². The zero-order chi connectivity index (χ0) is 16.3. The number of hydrogen-bond donors (Lipinski definition) is 5. The zero-order valence-electron chi connectivity index (χ0n) is 11.4. The van der Waals surface area contributed by atoms with Gasteiger partial charge in [0, 0.05) is 13.5 Å². The van der Waals surface area contributed by atoms with E-state index in [9.17, 15) is 14.5 Å². The fourth-order valence-corrected chi connectivity index (χ4v) is 1.99. The lowest BCUT2D eigenvalue weighted by molar-refractivity contribution is -0.144. The number of carboxylic acids is 1. The summed E-state index contributed by atoms with van der Waals surface area (Å²) in [6, 6.07) is 3.87. The number of aliphatic carboxylic acids is 1. The number of carboxylic acid groups (broad SMARTS) is 1. The molecule has 0 spiro atoms. The number of benzene rings is 1. The van der Waals surface area contributed by atoms with E-state index in [-0.39, 0.29) is 12.2 Å². The number of phenolic OH excluding ortho intramolecular Hbond substituents is 1. The number of phenols is 1. The standard InChI is InChI=1S/C11H17N2O7P/c1-11(13-12,10(15)16)6-7-3-4-9(8(14)5-7)20-21(17,18)19-2/h3-5,13-14H,6,12H2,1-2H3,(H,15,16)(H,17,18)/t11-/m0/s1. The van der Waals surface area contributed by atoms with Crippen LogP contribution in [0.2, 0.25) is 0 Å². The highest BCUT2D eigenvalue weighted by atomic mass is 31.2. The minimum atomic E-state index is -4.29. The maximum Gasteiger partial charge on any atom is 0.527 e. The monoisotopic (exact) mass is 320 g/mol. The third-order valence-corrected chi connectivity index (χ3v) is 3.70. The highest BCUT2D eigenvalue weighted by molar-refractivity contribution is 7.47. The van der Waals surface area contributed by atoms with Gasteiger partial charge >= 0.3 is 13.8 Å². The van der Waals surface area contributed by atoms with Gasteiger partial charge in [-0.15, -0.1) is 0 Å². The van der Waals surface area contributed by atoms with E-state index in [1.807, 2.05) is 0 Å². The minimum absolute atomic E-state index is 0.0201. The number of phosphoric ester groups is 1. The molecule has 0 radical (unpaired) electrons. The van der Waals surface area contributed by atoms with Crippen molar-refractivity contribution in [2.24, 2.45) is 5.84 Å². The number of rotatable bonds is 7. The van der Waals surface area contributed by atoms with Crippen LogP contribution in [-0.4, -0.2) is 33.7 Å². The van der Waals surface area contributed by atoms with Gasteiger partial charge in [0.05, 0.1) is 0 Å². The molecule has 1 unspecified atom stereocenters. The van der Waals surface area contributed by atoms with E-state index < -0.39 is 25.1 Å². The summed E-state index contributed by atoms with van der Waals surface area (Å²) in [5.74, 6) is 3.37. The smallest absolute Gasteiger partial charge is 0.504 e. The maximum absolute atomic E-state index is 11.2. The molecule has 0 saturated heterocycles. The van der Waals surface area contributed by atoms with Crippen LogP contribution < -0.4 is 15.8 Å². The highest BCUT2D eigenvalue weighted by Gasteiger charge is 2.32. The topological polar surface area (TPSA) is 151 Å². The Morgan fingerprint density at radius 1 is 1.52 bits per heavy atom. The van der Waals surface area contributed by atoms with Crippen molar-refractivity contribution in [3.05, 3.63) is 23.8 Å². The first-order valence-corrected chi connectivity index (χ1v) is 7.24. The van der Waals surface area contributed by atoms with Crippen molar-refractivity contribution in [2.75, 3.05) is 7.11 Å². The van der Waals surface area contributed by atoms with Crippen LogP contribution in [0.1, 0.15) is 12.5 Å². The average Bonchev–Trinajstić information content (AvgIpc) is 2.41. The zero-order valence-corrected chi connectivity index (χ0v) is 12.3. The lowest BCUT2D eigenvalue weighted by Crippen LogP contribution is -2.54. The van der Waals surface area contributed by atoms with Crippen LogP contribution in [0.3, 0.4) is 0 Å². The molecule has 118 valence electrons. The molecule has 21 heavy (non-hydrogen) atoms. The Morgan fingerprint density at radius 2 is 2.14 bits per heavy atom. The first-order chi connectivity index (χ1) is 9.63. The van der Waals surface area contributed by atoms with E-state index in [0.717, 1.165) is 7.11 Å². The normalized spacial score (nSPS) is 16.8. The summed E-state index contributed by atoms with van der Waals surface area (Å²) in [4.78, 5) is 20.3. The minimum Gasteiger partial charge on any atom is -0.504 e. The predicted molar refractivity (Wildman–Crippen MR) is 72.6 cm³/mol. The second kappa shape index (κ2) is 6.42. The van der Waals surface area contributed by atoms with Crippen molar-refractivity contribution in [1.29, 1.82) is 0 Å². The number of hydrazine groups is 1. The fourth-order valence-electron chi connectivity index (χ4n) is 1.51. The van der Waals surface area contributed by atoms with Crippen LogP contribution in [0, 0.1) is 0 Å². The Kier molecular flexibility index (Phi) is 5.32. The van der Waals surface area contributed by atoms with Crippen molar-refractivity contribution in [3.63, 3.8) is 0 Å². The van der Waals surface area contributed by atoms with Crippen molar-refractivity contribution in [2.45, 2.75) is 18.9 Å². The van der Waals surface area contributed by atoms with E-state index in [1.165, 1.54) is 25.1 Å². The molecule has 0 aliphatic heterocycles. The first-order valence-electron chi connectivity index (χ1n) is 5.75. The number of nitrogens with one attached hydrogen (secondary N) is 1. The van der Waals surface area contributed by atoms with Crippen LogP contribution >= 0.6 is 7.82 Å². The Hall–Kier alpha value is -1.64. The van der Waals surface area contributed by atoms with E-state index in [2.05, 4.69) is 14.5 Å². The number of carbonyl (C=O) groups is 1. The molecule has 0 amide bonds. The first kappa shape index (κ1) is 17.4. The number of phosphoric acid groups is 1. The molecule has 2 atom stereocenters. The van der Waals surface area contributed by atoms with Gasteiger partial charge in [0.25, 0.3) is 0 Å². The summed E-state index contributed by atoms with van der Waals surface area (Å²) in [6.45, 7) is 1.38. The molecule has 0 bridgehead atoms. The molecule has 9 nitrogen and oxygen atoms in total. The Balaban J connectivity index is 2.98. The third-order valence-electron chi connectivity index (χ3n) is 2.82. The molecule has 0 aliphatic rings. The van der Waals surface area contributed by atoms with Gasteiger partial charge in [-0.3, -0.25) is 20.1 Å². The van der Waals surface area contributed by atoms with Crippen LogP contribution in [-0.2, 0) is 20.3 Å². The SMILES string of the molecule is COP(=O)(O)Oc1ccc(C[C@](C)(NN)C(=O)O)cc1O. The molecule has 6 N–H and O–H groups in total. The van der Waals surface area contributed by atoms with Crippen LogP contribution in [0.25, 0.3) is 0 Å².